The first-order valence-electron chi connectivity index (χ1n) is 17.0. The third kappa shape index (κ3) is 5.50. The van der Waals surface area contributed by atoms with Gasteiger partial charge in [0.15, 0.2) is 17.1 Å². The molecule has 0 radical (unpaired) electrons. The number of aliphatic hydroxyl groups excluding tert-OH is 1. The minimum absolute atomic E-state index is 0.0371. The highest BCUT2D eigenvalue weighted by Gasteiger charge is 2.87. The standard InChI is InChI=1S/C39H46O11/c1-21-14-30-37(45,34(21)44)19-26(20-48-31(42)18-25-12-13-28(41)29(16-25)47-6)15-27-33-36(4,5)39(33,50-23(3)40)35(22(2)38(27,30)46)49-32(43)17-24-10-8-7-9-11-24/h7-16,22,27,30,33-35,41,44-46H,17-20H2,1-6H3/t22-,27+,30-,33-,34+,35-,37-,38-,39-/m1/s1. The Morgan fingerprint density at radius 1 is 0.960 bits per heavy atom. The Bertz CT molecular complexity index is 1750. The van der Waals surface area contributed by atoms with Gasteiger partial charge in [0.1, 0.15) is 24.4 Å². The summed E-state index contributed by atoms with van der Waals surface area (Å²) in [6.07, 6.45) is 0.777. The summed E-state index contributed by atoms with van der Waals surface area (Å²) in [7, 11) is 1.41. The molecule has 50 heavy (non-hydrogen) atoms. The molecule has 2 aromatic carbocycles. The summed E-state index contributed by atoms with van der Waals surface area (Å²) in [5.41, 5.74) is -3.54. The number of fused-ring (bicyclic) bond motifs is 5. The number of phenolic OH excluding ortho intramolecular Hbond substituents is 1. The molecule has 9 atom stereocenters. The number of hydrogen-bond donors (Lipinski definition) is 4. The zero-order chi connectivity index (χ0) is 36.4. The van der Waals surface area contributed by atoms with Crippen molar-refractivity contribution in [3.05, 3.63) is 83.0 Å². The summed E-state index contributed by atoms with van der Waals surface area (Å²) in [5.74, 6) is -4.79. The highest BCUT2D eigenvalue weighted by atomic mass is 16.6. The van der Waals surface area contributed by atoms with E-state index in [0.717, 1.165) is 5.56 Å². The van der Waals surface area contributed by atoms with Crippen molar-refractivity contribution in [1.82, 2.24) is 0 Å². The van der Waals surface area contributed by atoms with E-state index in [1.165, 1.54) is 26.2 Å². The predicted octanol–water partition coefficient (Wildman–Crippen LogP) is 3.59. The van der Waals surface area contributed by atoms with Gasteiger partial charge in [-0.05, 0) is 41.3 Å². The fraction of sp³-hybridized carbons (Fsp3) is 0.513. The van der Waals surface area contributed by atoms with Crippen molar-refractivity contribution in [3.8, 4) is 11.5 Å². The molecule has 0 saturated heterocycles. The Balaban J connectivity index is 1.37. The molecule has 0 unspecified atom stereocenters. The lowest BCUT2D eigenvalue weighted by Crippen LogP contribution is -2.66. The molecular weight excluding hydrogens is 644 g/mol. The van der Waals surface area contributed by atoms with Crippen molar-refractivity contribution >= 4 is 17.9 Å². The summed E-state index contributed by atoms with van der Waals surface area (Å²) in [4.78, 5) is 39.3. The number of rotatable bonds is 9. The molecule has 2 fully saturated rings. The topological polar surface area (TPSA) is 169 Å². The number of ether oxygens (including phenoxy) is 4. The van der Waals surface area contributed by atoms with Gasteiger partial charge in [0, 0.05) is 42.4 Å². The van der Waals surface area contributed by atoms with Gasteiger partial charge in [-0.3, -0.25) is 14.4 Å². The van der Waals surface area contributed by atoms with Gasteiger partial charge in [0.2, 0.25) is 0 Å². The second-order valence-electron chi connectivity index (χ2n) is 15.0. The number of methoxy groups -OCH3 is 1. The summed E-state index contributed by atoms with van der Waals surface area (Å²) in [5, 5.41) is 46.7. The lowest BCUT2D eigenvalue weighted by Gasteiger charge is -2.53. The summed E-state index contributed by atoms with van der Waals surface area (Å²) in [6.45, 7) is 8.27. The number of benzene rings is 2. The van der Waals surface area contributed by atoms with Gasteiger partial charge in [-0.1, -0.05) is 69.3 Å². The van der Waals surface area contributed by atoms with Crippen LogP contribution in [-0.2, 0) is 41.4 Å². The third-order valence-electron chi connectivity index (χ3n) is 11.7. The van der Waals surface area contributed by atoms with Gasteiger partial charge < -0.3 is 39.4 Å². The van der Waals surface area contributed by atoms with Gasteiger partial charge in [0.05, 0.1) is 25.6 Å². The van der Waals surface area contributed by atoms with E-state index in [4.69, 9.17) is 18.9 Å². The molecule has 0 spiro atoms. The SMILES string of the molecule is COc1cc(CC(=O)OCC2=C[C@H]3[C@@H]4C(C)(C)[C@]4(OC(C)=O)[C@H](OC(=O)Cc4ccccc4)[C@@H](C)[C@]3(O)[C@@H]3C=C(C)[C@H](O)[C@@]3(O)C2)ccc1O. The Kier molecular flexibility index (Phi) is 8.94. The van der Waals surface area contributed by atoms with Crippen molar-refractivity contribution < 1.29 is 53.8 Å². The van der Waals surface area contributed by atoms with Crippen LogP contribution in [0.2, 0.25) is 0 Å². The van der Waals surface area contributed by atoms with Gasteiger partial charge in [-0.25, -0.2) is 0 Å². The molecule has 2 aromatic rings. The van der Waals surface area contributed by atoms with Crippen LogP contribution in [0.1, 0.15) is 52.2 Å². The van der Waals surface area contributed by atoms with Crippen molar-refractivity contribution in [3.63, 3.8) is 0 Å². The Morgan fingerprint density at radius 2 is 1.64 bits per heavy atom. The second-order valence-corrected chi connectivity index (χ2v) is 15.0. The number of carbonyl (C=O) groups is 3. The highest BCUT2D eigenvalue weighted by Crippen LogP contribution is 2.77. The number of carbonyl (C=O) groups excluding carboxylic acids is 3. The Labute approximate surface area is 291 Å². The van der Waals surface area contributed by atoms with E-state index in [1.54, 1.807) is 44.2 Å². The Morgan fingerprint density at radius 3 is 2.30 bits per heavy atom. The second kappa shape index (κ2) is 12.5. The first-order valence-corrected chi connectivity index (χ1v) is 17.0. The number of esters is 3. The van der Waals surface area contributed by atoms with Crippen molar-refractivity contribution in [1.29, 1.82) is 0 Å². The number of hydrogen-bond acceptors (Lipinski definition) is 11. The van der Waals surface area contributed by atoms with Gasteiger partial charge in [-0.2, -0.15) is 0 Å². The van der Waals surface area contributed by atoms with E-state index in [9.17, 15) is 34.8 Å². The minimum atomic E-state index is -1.89. The van der Waals surface area contributed by atoms with Crippen LogP contribution in [0.15, 0.2) is 71.8 Å². The molecular formula is C39H46O11. The molecule has 268 valence electrons. The molecule has 0 aromatic heterocycles. The Hall–Kier alpha value is -4.19. The molecule has 6 rings (SSSR count). The average molecular weight is 691 g/mol. The predicted molar refractivity (Wildman–Crippen MR) is 180 cm³/mol. The molecule has 11 nitrogen and oxygen atoms in total. The van der Waals surface area contributed by atoms with Crippen LogP contribution in [0.3, 0.4) is 0 Å². The normalized spacial score (nSPS) is 34.8. The average Bonchev–Trinajstić information content (AvgIpc) is 3.48. The van der Waals surface area contributed by atoms with Gasteiger partial charge in [0.25, 0.3) is 0 Å². The van der Waals surface area contributed by atoms with E-state index >= 15 is 0 Å². The summed E-state index contributed by atoms with van der Waals surface area (Å²) < 4.78 is 23.2. The fourth-order valence-electron chi connectivity index (χ4n) is 9.39. The quantitative estimate of drug-likeness (QED) is 0.172. The van der Waals surface area contributed by atoms with Crippen molar-refractivity contribution in [2.45, 2.75) is 82.9 Å². The zero-order valence-corrected chi connectivity index (χ0v) is 29.2. The number of aliphatic hydroxyl groups is 3. The first-order chi connectivity index (χ1) is 23.5. The van der Waals surface area contributed by atoms with Crippen LogP contribution in [0.25, 0.3) is 0 Å². The van der Waals surface area contributed by atoms with Gasteiger partial charge in [-0.15, -0.1) is 0 Å². The molecule has 0 aliphatic heterocycles. The molecule has 4 N–H and O–H groups in total. The smallest absolute Gasteiger partial charge is 0.310 e. The summed E-state index contributed by atoms with van der Waals surface area (Å²) >= 11 is 0. The maximum absolute atomic E-state index is 13.5. The lowest BCUT2D eigenvalue weighted by atomic mass is 9.59. The van der Waals surface area contributed by atoms with Crippen LogP contribution in [-0.4, -0.2) is 81.1 Å². The summed E-state index contributed by atoms with van der Waals surface area (Å²) in [6, 6.07) is 13.6. The highest BCUT2D eigenvalue weighted by molar-refractivity contribution is 5.74. The molecule has 11 heteroatoms. The third-order valence-corrected chi connectivity index (χ3v) is 11.7. The van der Waals surface area contributed by atoms with Crippen molar-refractivity contribution in [2.75, 3.05) is 13.7 Å². The van der Waals surface area contributed by atoms with Crippen LogP contribution < -0.4 is 4.74 Å². The maximum atomic E-state index is 13.5. The van der Waals surface area contributed by atoms with Crippen LogP contribution >= 0.6 is 0 Å². The maximum Gasteiger partial charge on any atom is 0.310 e. The molecule has 4 aliphatic rings. The monoisotopic (exact) mass is 690 g/mol. The molecule has 2 saturated carbocycles. The van der Waals surface area contributed by atoms with Crippen LogP contribution in [0, 0.1) is 29.1 Å². The van der Waals surface area contributed by atoms with E-state index in [-0.39, 0.29) is 37.4 Å². The molecule has 0 amide bonds. The number of phenols is 1. The number of aromatic hydroxyl groups is 1. The first kappa shape index (κ1) is 35.6. The lowest BCUT2D eigenvalue weighted by molar-refractivity contribution is -0.234. The zero-order valence-electron chi connectivity index (χ0n) is 29.2. The van der Waals surface area contributed by atoms with Crippen LogP contribution in [0.4, 0.5) is 0 Å². The van der Waals surface area contributed by atoms with E-state index < -0.39 is 76.0 Å². The molecule has 0 bridgehead atoms. The molecule has 0 heterocycles. The van der Waals surface area contributed by atoms with E-state index in [1.807, 2.05) is 32.0 Å². The van der Waals surface area contributed by atoms with Crippen molar-refractivity contribution in [2.24, 2.45) is 29.1 Å². The molecule has 4 aliphatic carbocycles. The van der Waals surface area contributed by atoms with E-state index in [2.05, 4.69) is 0 Å². The van der Waals surface area contributed by atoms with Gasteiger partial charge >= 0.3 is 17.9 Å². The minimum Gasteiger partial charge on any atom is -0.504 e. The fourth-order valence-corrected chi connectivity index (χ4v) is 9.39. The largest absolute Gasteiger partial charge is 0.504 e. The van der Waals surface area contributed by atoms with E-state index in [0.29, 0.717) is 16.7 Å². The van der Waals surface area contributed by atoms with Crippen LogP contribution in [0.5, 0.6) is 11.5 Å².